The lowest BCUT2D eigenvalue weighted by Gasteiger charge is -2.08. The number of nitrogens with two attached hydrogens (primary N) is 1. The van der Waals surface area contributed by atoms with Crippen molar-refractivity contribution in [2.24, 2.45) is 5.73 Å². The Labute approximate surface area is 134 Å². The largest absolute Gasteiger partial charge is 0.480 e. The molecule has 122 valence electrons. The zero-order chi connectivity index (χ0) is 16.2. The number of ether oxygens (including phenoxy) is 1. The van der Waals surface area contributed by atoms with E-state index < -0.39 is 18.1 Å². The second kappa shape index (κ2) is 10.9. The molecule has 0 bridgehead atoms. The highest BCUT2D eigenvalue weighted by Gasteiger charge is 2.10. The third-order valence-corrected chi connectivity index (χ3v) is 3.94. The Morgan fingerprint density at radius 2 is 2.00 bits per heavy atom. The van der Waals surface area contributed by atoms with Crippen molar-refractivity contribution >= 4 is 23.8 Å². The Morgan fingerprint density at radius 3 is 2.68 bits per heavy atom. The van der Waals surface area contributed by atoms with Crippen LogP contribution in [0.25, 0.3) is 0 Å². The van der Waals surface area contributed by atoms with Gasteiger partial charge in [0.25, 0.3) is 0 Å². The van der Waals surface area contributed by atoms with Crippen molar-refractivity contribution in [3.63, 3.8) is 0 Å². The second-order valence-corrected chi connectivity index (χ2v) is 5.91. The van der Waals surface area contributed by atoms with Crippen LogP contribution in [0.15, 0.2) is 30.3 Å². The highest BCUT2D eigenvalue weighted by molar-refractivity contribution is 7.99. The van der Waals surface area contributed by atoms with E-state index >= 15 is 0 Å². The standard InChI is InChI=1S/C15H22N2O4S/c16-13(14(18)19)7-10-22-9-4-8-17-15(20)21-11-12-5-2-1-3-6-12/h1-3,5-6,13H,4,7-11,16H2,(H,17,20)(H,18,19)/t13-/m0/s1. The first-order valence-electron chi connectivity index (χ1n) is 7.10. The molecule has 0 spiro atoms. The second-order valence-electron chi connectivity index (χ2n) is 4.69. The van der Waals surface area contributed by atoms with Gasteiger partial charge in [-0.05, 0) is 29.9 Å². The van der Waals surface area contributed by atoms with Gasteiger partial charge in [-0.25, -0.2) is 4.79 Å². The first kappa shape index (κ1) is 18.3. The highest BCUT2D eigenvalue weighted by atomic mass is 32.2. The van der Waals surface area contributed by atoms with E-state index in [1.54, 1.807) is 11.8 Å². The number of amides is 1. The maximum Gasteiger partial charge on any atom is 0.407 e. The summed E-state index contributed by atoms with van der Waals surface area (Å²) >= 11 is 1.63. The molecule has 6 nitrogen and oxygen atoms in total. The average molecular weight is 326 g/mol. The molecule has 22 heavy (non-hydrogen) atoms. The lowest BCUT2D eigenvalue weighted by Crippen LogP contribution is -2.30. The van der Waals surface area contributed by atoms with E-state index in [9.17, 15) is 9.59 Å². The molecule has 0 aliphatic rings. The third kappa shape index (κ3) is 8.53. The Hall–Kier alpha value is -1.73. The minimum atomic E-state index is -0.969. The summed E-state index contributed by atoms with van der Waals surface area (Å²) in [5.41, 5.74) is 6.34. The van der Waals surface area contributed by atoms with Crippen molar-refractivity contribution in [3.05, 3.63) is 35.9 Å². The molecule has 0 aliphatic carbocycles. The van der Waals surface area contributed by atoms with E-state index in [2.05, 4.69) is 5.32 Å². The van der Waals surface area contributed by atoms with Gasteiger partial charge in [0.05, 0.1) is 0 Å². The fraction of sp³-hybridized carbons (Fsp3) is 0.467. The number of nitrogens with one attached hydrogen (secondary N) is 1. The summed E-state index contributed by atoms with van der Waals surface area (Å²) in [6, 6.07) is 8.69. The minimum absolute atomic E-state index is 0.258. The summed E-state index contributed by atoms with van der Waals surface area (Å²) in [4.78, 5) is 22.0. The zero-order valence-electron chi connectivity index (χ0n) is 12.4. The zero-order valence-corrected chi connectivity index (χ0v) is 13.2. The number of aliphatic carboxylic acids is 1. The lowest BCUT2D eigenvalue weighted by atomic mass is 10.2. The number of hydrogen-bond donors (Lipinski definition) is 3. The average Bonchev–Trinajstić information content (AvgIpc) is 2.52. The number of carbonyl (C=O) groups excluding carboxylic acids is 1. The maximum absolute atomic E-state index is 11.4. The SMILES string of the molecule is N[C@@H](CCSCCCNC(=O)OCc1ccccc1)C(=O)O. The van der Waals surface area contributed by atoms with Crippen LogP contribution in [-0.2, 0) is 16.1 Å². The van der Waals surface area contributed by atoms with E-state index in [0.29, 0.717) is 18.7 Å². The number of alkyl carbamates (subject to hydrolysis) is 1. The molecule has 1 rings (SSSR count). The molecule has 0 radical (unpaired) electrons. The minimum Gasteiger partial charge on any atom is -0.480 e. The van der Waals surface area contributed by atoms with Crippen molar-refractivity contribution in [2.45, 2.75) is 25.5 Å². The molecule has 0 fully saturated rings. The van der Waals surface area contributed by atoms with Gasteiger partial charge in [0.2, 0.25) is 0 Å². The van der Waals surface area contributed by atoms with Gasteiger partial charge in [-0.3, -0.25) is 4.79 Å². The lowest BCUT2D eigenvalue weighted by molar-refractivity contribution is -0.138. The molecule has 0 aromatic heterocycles. The monoisotopic (exact) mass is 326 g/mol. The molecule has 1 aromatic carbocycles. The normalized spacial score (nSPS) is 11.7. The number of rotatable bonds is 10. The Balaban J connectivity index is 1.96. The Morgan fingerprint density at radius 1 is 1.27 bits per heavy atom. The predicted octanol–water partition coefficient (Wildman–Crippen LogP) is 1.84. The van der Waals surface area contributed by atoms with Crippen LogP contribution in [0.1, 0.15) is 18.4 Å². The van der Waals surface area contributed by atoms with Crippen LogP contribution in [0, 0.1) is 0 Å². The number of carboxylic acids is 1. The molecule has 0 saturated heterocycles. The molecular weight excluding hydrogens is 304 g/mol. The fourth-order valence-corrected chi connectivity index (χ4v) is 2.55. The summed E-state index contributed by atoms with van der Waals surface area (Å²) < 4.78 is 5.07. The maximum atomic E-state index is 11.4. The molecule has 0 heterocycles. The number of benzene rings is 1. The number of carbonyl (C=O) groups is 2. The van der Waals surface area contributed by atoms with Crippen molar-refractivity contribution < 1.29 is 19.4 Å². The first-order chi connectivity index (χ1) is 10.6. The summed E-state index contributed by atoms with van der Waals surface area (Å²) in [6.07, 6.45) is 0.821. The van der Waals surface area contributed by atoms with Crippen molar-refractivity contribution in [3.8, 4) is 0 Å². The first-order valence-corrected chi connectivity index (χ1v) is 8.25. The van der Waals surface area contributed by atoms with Gasteiger partial charge in [0.1, 0.15) is 12.6 Å². The molecule has 7 heteroatoms. The van der Waals surface area contributed by atoms with E-state index in [0.717, 1.165) is 17.7 Å². The summed E-state index contributed by atoms with van der Waals surface area (Å²) in [5.74, 6) is 0.570. The smallest absolute Gasteiger partial charge is 0.407 e. The number of thioether (sulfide) groups is 1. The van der Waals surface area contributed by atoms with Crippen LogP contribution in [0.5, 0.6) is 0 Å². The van der Waals surface area contributed by atoms with Gasteiger partial charge in [-0.15, -0.1) is 0 Å². The van der Waals surface area contributed by atoms with Crippen molar-refractivity contribution in [1.82, 2.24) is 5.32 Å². The molecule has 0 aliphatic heterocycles. The van der Waals surface area contributed by atoms with Gasteiger partial charge >= 0.3 is 12.1 Å². The van der Waals surface area contributed by atoms with Gasteiger partial charge in [-0.2, -0.15) is 11.8 Å². The van der Waals surface area contributed by atoms with Gasteiger partial charge < -0.3 is 20.9 Å². The van der Waals surface area contributed by atoms with Gasteiger partial charge in [0, 0.05) is 6.54 Å². The Bertz CT molecular complexity index is 456. The molecule has 0 unspecified atom stereocenters. The molecule has 1 aromatic rings. The van der Waals surface area contributed by atoms with Crippen LogP contribution < -0.4 is 11.1 Å². The van der Waals surface area contributed by atoms with Gasteiger partial charge in [0.15, 0.2) is 0 Å². The third-order valence-electron chi connectivity index (χ3n) is 2.84. The summed E-state index contributed by atoms with van der Waals surface area (Å²) in [6.45, 7) is 0.792. The van der Waals surface area contributed by atoms with Crippen molar-refractivity contribution in [1.29, 1.82) is 0 Å². The topological polar surface area (TPSA) is 102 Å². The van der Waals surface area contributed by atoms with E-state index in [4.69, 9.17) is 15.6 Å². The molecule has 4 N–H and O–H groups in total. The molecule has 1 atom stereocenters. The summed E-state index contributed by atoms with van der Waals surface area (Å²) in [5, 5.41) is 11.3. The number of hydrogen-bond acceptors (Lipinski definition) is 5. The highest BCUT2D eigenvalue weighted by Crippen LogP contribution is 2.06. The quantitative estimate of drug-likeness (QED) is 0.567. The molecule has 1 amide bonds. The van der Waals surface area contributed by atoms with E-state index in [1.165, 1.54) is 0 Å². The van der Waals surface area contributed by atoms with Crippen molar-refractivity contribution in [2.75, 3.05) is 18.1 Å². The van der Waals surface area contributed by atoms with Crippen LogP contribution in [0.2, 0.25) is 0 Å². The predicted molar refractivity (Wildman–Crippen MR) is 86.8 cm³/mol. The number of carboxylic acid groups (broad SMARTS) is 1. The van der Waals surface area contributed by atoms with Crippen LogP contribution in [-0.4, -0.2) is 41.3 Å². The summed E-state index contributed by atoms with van der Waals surface area (Å²) in [7, 11) is 0. The molecule has 0 saturated carbocycles. The van der Waals surface area contributed by atoms with Gasteiger partial charge in [-0.1, -0.05) is 30.3 Å². The van der Waals surface area contributed by atoms with Crippen LogP contribution >= 0.6 is 11.8 Å². The molecular formula is C15H22N2O4S. The van der Waals surface area contributed by atoms with E-state index in [1.807, 2.05) is 30.3 Å². The van der Waals surface area contributed by atoms with Crippen LogP contribution in [0.4, 0.5) is 4.79 Å². The fourth-order valence-electron chi connectivity index (χ4n) is 1.57. The van der Waals surface area contributed by atoms with E-state index in [-0.39, 0.29) is 6.61 Å². The van der Waals surface area contributed by atoms with Crippen LogP contribution in [0.3, 0.4) is 0 Å². The Kier molecular flexibility index (Phi) is 9.09.